The molecule has 1 aromatic carbocycles. The molecule has 1 aromatic rings. The fraction of sp³-hybridized carbons (Fsp3) is 0.611. The van der Waals surface area contributed by atoms with Crippen LogP contribution in [0.15, 0.2) is 18.2 Å². The summed E-state index contributed by atoms with van der Waals surface area (Å²) in [7, 11) is 1.60. The largest absolute Gasteiger partial charge is 0.493 e. The van der Waals surface area contributed by atoms with E-state index in [2.05, 4.69) is 5.32 Å². The number of nitrogens with two attached hydrogens (primary N) is 1. The summed E-state index contributed by atoms with van der Waals surface area (Å²) in [6.07, 6.45) is 7.18. The molecular formula is C18H26N2O3. The van der Waals surface area contributed by atoms with Crippen LogP contribution in [0.1, 0.15) is 48.9 Å². The first-order valence-corrected chi connectivity index (χ1v) is 8.57. The van der Waals surface area contributed by atoms with E-state index in [0.29, 0.717) is 29.5 Å². The first kappa shape index (κ1) is 16.1. The van der Waals surface area contributed by atoms with Crippen molar-refractivity contribution in [3.63, 3.8) is 0 Å². The first-order chi connectivity index (χ1) is 11.2. The summed E-state index contributed by atoms with van der Waals surface area (Å²) in [4.78, 5) is 12.4. The van der Waals surface area contributed by atoms with Gasteiger partial charge in [0.25, 0.3) is 5.91 Å². The van der Waals surface area contributed by atoms with Gasteiger partial charge < -0.3 is 20.5 Å². The Labute approximate surface area is 137 Å². The monoisotopic (exact) mass is 318 g/mol. The smallest absolute Gasteiger partial charge is 0.251 e. The molecule has 0 spiro atoms. The van der Waals surface area contributed by atoms with Crippen LogP contribution in [0.25, 0.3) is 0 Å². The van der Waals surface area contributed by atoms with Crippen molar-refractivity contribution >= 4 is 5.91 Å². The average Bonchev–Trinajstić information content (AvgIpc) is 3.29. The van der Waals surface area contributed by atoms with Crippen molar-refractivity contribution in [2.75, 3.05) is 13.7 Å². The second-order valence-electron chi connectivity index (χ2n) is 6.54. The predicted octanol–water partition coefficient (Wildman–Crippen LogP) is 2.48. The standard InChI is InChI=1S/C18H26N2O3/c1-22-17-10-13(18(21)20-15(11-19)12-6-7-12)8-9-16(17)23-14-4-2-3-5-14/h8-10,12,14-15H,2-7,11,19H2,1H3,(H,20,21). The molecule has 0 saturated heterocycles. The second kappa shape index (κ2) is 7.21. The van der Waals surface area contributed by atoms with Crippen molar-refractivity contribution in [1.29, 1.82) is 0 Å². The van der Waals surface area contributed by atoms with Crippen LogP contribution in [0.2, 0.25) is 0 Å². The van der Waals surface area contributed by atoms with E-state index in [1.54, 1.807) is 19.2 Å². The molecule has 2 aliphatic carbocycles. The van der Waals surface area contributed by atoms with Crippen LogP contribution in [0.3, 0.4) is 0 Å². The van der Waals surface area contributed by atoms with Gasteiger partial charge in [0.05, 0.1) is 13.2 Å². The minimum absolute atomic E-state index is 0.0721. The number of ether oxygens (including phenoxy) is 2. The molecule has 2 aliphatic rings. The molecular weight excluding hydrogens is 292 g/mol. The summed E-state index contributed by atoms with van der Waals surface area (Å²) in [6, 6.07) is 5.45. The molecule has 5 nitrogen and oxygen atoms in total. The molecule has 2 saturated carbocycles. The molecule has 126 valence electrons. The van der Waals surface area contributed by atoms with E-state index in [0.717, 1.165) is 25.7 Å². The SMILES string of the molecule is COc1cc(C(=O)NC(CN)C2CC2)ccc1OC1CCCC1. The fourth-order valence-corrected chi connectivity index (χ4v) is 3.21. The maximum absolute atomic E-state index is 12.4. The Morgan fingerprint density at radius 1 is 1.26 bits per heavy atom. The highest BCUT2D eigenvalue weighted by molar-refractivity contribution is 5.95. The average molecular weight is 318 g/mol. The van der Waals surface area contributed by atoms with E-state index < -0.39 is 0 Å². The van der Waals surface area contributed by atoms with Gasteiger partial charge in [-0.05, 0) is 62.6 Å². The molecule has 3 N–H and O–H groups in total. The number of benzene rings is 1. The number of rotatable bonds is 7. The highest BCUT2D eigenvalue weighted by Gasteiger charge is 2.31. The predicted molar refractivity (Wildman–Crippen MR) is 88.9 cm³/mol. The lowest BCUT2D eigenvalue weighted by Gasteiger charge is -2.18. The van der Waals surface area contributed by atoms with Crippen LogP contribution >= 0.6 is 0 Å². The lowest BCUT2D eigenvalue weighted by atomic mass is 10.1. The highest BCUT2D eigenvalue weighted by atomic mass is 16.5. The van der Waals surface area contributed by atoms with Crippen molar-refractivity contribution in [2.24, 2.45) is 11.7 Å². The Bertz CT molecular complexity index is 551. The van der Waals surface area contributed by atoms with Gasteiger partial charge in [-0.25, -0.2) is 0 Å². The molecule has 1 unspecified atom stereocenters. The second-order valence-corrected chi connectivity index (χ2v) is 6.54. The van der Waals surface area contributed by atoms with Gasteiger partial charge in [0.2, 0.25) is 0 Å². The molecule has 1 amide bonds. The minimum Gasteiger partial charge on any atom is -0.493 e. The van der Waals surface area contributed by atoms with Gasteiger partial charge in [0.1, 0.15) is 0 Å². The molecule has 5 heteroatoms. The van der Waals surface area contributed by atoms with Crippen molar-refractivity contribution < 1.29 is 14.3 Å². The summed E-state index contributed by atoms with van der Waals surface area (Å²) in [5.74, 6) is 1.77. The zero-order chi connectivity index (χ0) is 16.2. The molecule has 2 fully saturated rings. The number of hydrogen-bond acceptors (Lipinski definition) is 4. The molecule has 3 rings (SSSR count). The summed E-state index contributed by atoms with van der Waals surface area (Å²) in [6.45, 7) is 0.483. The van der Waals surface area contributed by atoms with Gasteiger partial charge in [0, 0.05) is 18.2 Å². The summed E-state index contributed by atoms with van der Waals surface area (Å²) < 4.78 is 11.4. The van der Waals surface area contributed by atoms with Gasteiger partial charge >= 0.3 is 0 Å². The zero-order valence-electron chi connectivity index (χ0n) is 13.7. The van der Waals surface area contributed by atoms with Gasteiger partial charge in [-0.3, -0.25) is 4.79 Å². The van der Waals surface area contributed by atoms with E-state index in [1.165, 1.54) is 12.8 Å². The number of hydrogen-bond donors (Lipinski definition) is 2. The minimum atomic E-state index is -0.0990. The van der Waals surface area contributed by atoms with E-state index in [9.17, 15) is 4.79 Å². The Hall–Kier alpha value is -1.75. The Kier molecular flexibility index (Phi) is 5.06. The van der Waals surface area contributed by atoms with E-state index in [1.807, 2.05) is 6.07 Å². The maximum Gasteiger partial charge on any atom is 0.251 e. The lowest BCUT2D eigenvalue weighted by Crippen LogP contribution is -2.41. The molecule has 0 aromatic heterocycles. The first-order valence-electron chi connectivity index (χ1n) is 8.57. The van der Waals surface area contributed by atoms with Crippen LogP contribution in [0, 0.1) is 5.92 Å². The van der Waals surface area contributed by atoms with Crippen LogP contribution in [0.5, 0.6) is 11.5 Å². The van der Waals surface area contributed by atoms with E-state index in [4.69, 9.17) is 15.2 Å². The van der Waals surface area contributed by atoms with Crippen LogP contribution in [0.4, 0.5) is 0 Å². The fourth-order valence-electron chi connectivity index (χ4n) is 3.21. The van der Waals surface area contributed by atoms with Gasteiger partial charge in [0.15, 0.2) is 11.5 Å². The van der Waals surface area contributed by atoms with Crippen molar-refractivity contribution in [2.45, 2.75) is 50.7 Å². The van der Waals surface area contributed by atoms with Crippen LogP contribution in [-0.4, -0.2) is 31.7 Å². The third-order valence-electron chi connectivity index (χ3n) is 4.78. The third-order valence-corrected chi connectivity index (χ3v) is 4.78. The van der Waals surface area contributed by atoms with Crippen molar-refractivity contribution in [3.8, 4) is 11.5 Å². The number of nitrogens with one attached hydrogen (secondary N) is 1. The summed E-state index contributed by atoms with van der Waals surface area (Å²) in [5, 5.41) is 3.03. The van der Waals surface area contributed by atoms with Gasteiger partial charge in [-0.2, -0.15) is 0 Å². The highest BCUT2D eigenvalue weighted by Crippen LogP contribution is 2.34. The lowest BCUT2D eigenvalue weighted by molar-refractivity contribution is 0.0933. The Morgan fingerprint density at radius 3 is 2.61 bits per heavy atom. The van der Waals surface area contributed by atoms with Crippen LogP contribution in [-0.2, 0) is 0 Å². The number of amides is 1. The van der Waals surface area contributed by atoms with Crippen molar-refractivity contribution in [1.82, 2.24) is 5.32 Å². The van der Waals surface area contributed by atoms with Gasteiger partial charge in [-0.15, -0.1) is 0 Å². The molecule has 0 aliphatic heterocycles. The molecule has 23 heavy (non-hydrogen) atoms. The Morgan fingerprint density at radius 2 is 2.00 bits per heavy atom. The van der Waals surface area contributed by atoms with Crippen LogP contribution < -0.4 is 20.5 Å². The number of carbonyl (C=O) groups excluding carboxylic acids is 1. The number of carbonyl (C=O) groups is 1. The normalized spacial score (nSPS) is 19.4. The van der Waals surface area contributed by atoms with Crippen molar-refractivity contribution in [3.05, 3.63) is 23.8 Å². The zero-order valence-corrected chi connectivity index (χ0v) is 13.7. The maximum atomic E-state index is 12.4. The molecule has 0 radical (unpaired) electrons. The number of methoxy groups -OCH3 is 1. The quantitative estimate of drug-likeness (QED) is 0.810. The summed E-state index contributed by atoms with van der Waals surface area (Å²) in [5.41, 5.74) is 6.34. The summed E-state index contributed by atoms with van der Waals surface area (Å²) >= 11 is 0. The van der Waals surface area contributed by atoms with E-state index in [-0.39, 0.29) is 18.1 Å². The third kappa shape index (κ3) is 3.96. The Balaban J connectivity index is 1.68. The molecule has 0 bridgehead atoms. The molecule has 1 atom stereocenters. The van der Waals surface area contributed by atoms with E-state index >= 15 is 0 Å². The topological polar surface area (TPSA) is 73.6 Å². The van der Waals surface area contributed by atoms with Gasteiger partial charge in [-0.1, -0.05) is 0 Å². The molecule has 0 heterocycles.